The highest BCUT2D eigenvalue weighted by atomic mass is 16.6. The number of amides is 1. The van der Waals surface area contributed by atoms with E-state index in [1.54, 1.807) is 6.92 Å². The molecule has 0 aromatic heterocycles. The average Bonchev–Trinajstić information content (AvgIpc) is 2.74. The molecule has 7 nitrogen and oxygen atoms in total. The van der Waals surface area contributed by atoms with E-state index >= 15 is 0 Å². The predicted molar refractivity (Wildman–Crippen MR) is 139 cm³/mol. The maximum atomic E-state index is 13.5. The minimum Gasteiger partial charge on any atom is -0.452 e. The van der Waals surface area contributed by atoms with Crippen LogP contribution >= 0.6 is 0 Å². The van der Waals surface area contributed by atoms with E-state index in [-0.39, 0.29) is 30.0 Å². The molecule has 0 N–H and O–H groups in total. The normalized spacial score (nSPS) is 15.5. The monoisotopic (exact) mass is 497 g/mol. The molecule has 35 heavy (non-hydrogen) atoms. The van der Waals surface area contributed by atoms with Crippen LogP contribution in [0.1, 0.15) is 102 Å². The predicted octanol–water partition coefficient (Wildman–Crippen LogP) is 5.44. The van der Waals surface area contributed by atoms with Crippen molar-refractivity contribution in [3.63, 3.8) is 0 Å². The van der Waals surface area contributed by atoms with Crippen LogP contribution in [0.2, 0.25) is 0 Å². The smallest absolute Gasteiger partial charge is 0.329 e. The van der Waals surface area contributed by atoms with Crippen molar-refractivity contribution >= 4 is 23.6 Å². The molecule has 4 unspecified atom stereocenters. The zero-order chi connectivity index (χ0) is 27.7. The van der Waals surface area contributed by atoms with Crippen LogP contribution in [0.25, 0.3) is 0 Å². The maximum absolute atomic E-state index is 13.5. The Kier molecular flexibility index (Phi) is 13.8. The van der Waals surface area contributed by atoms with Crippen molar-refractivity contribution in [1.29, 1.82) is 0 Å². The highest BCUT2D eigenvalue weighted by molar-refractivity contribution is 5.90. The first-order valence-electron chi connectivity index (χ1n) is 13.1. The molecule has 0 radical (unpaired) electrons. The lowest BCUT2D eigenvalue weighted by Crippen LogP contribution is -2.52. The Morgan fingerprint density at radius 2 is 1.34 bits per heavy atom. The fourth-order valence-corrected chi connectivity index (χ4v) is 3.73. The number of likely N-dealkylation sites (N-methyl/N-ethyl adjacent to an activating group) is 1. The molecule has 0 saturated carbocycles. The molecular formula is C28H51NO6. The molecule has 7 heteroatoms. The van der Waals surface area contributed by atoms with Gasteiger partial charge in [0, 0.05) is 18.9 Å². The number of rotatable bonds is 14. The van der Waals surface area contributed by atoms with Crippen molar-refractivity contribution < 1.29 is 28.7 Å². The quantitative estimate of drug-likeness (QED) is 0.297. The number of hydrogen-bond acceptors (Lipinski definition) is 6. The second-order valence-electron chi connectivity index (χ2n) is 12.1. The number of ketones is 1. The van der Waals surface area contributed by atoms with E-state index in [1.807, 2.05) is 55.4 Å². The van der Waals surface area contributed by atoms with Crippen molar-refractivity contribution in [2.75, 3.05) is 7.05 Å². The van der Waals surface area contributed by atoms with Gasteiger partial charge in [-0.3, -0.25) is 14.4 Å². The molecule has 0 bridgehead atoms. The Hall–Kier alpha value is -1.92. The number of carbonyl (C=O) groups is 4. The summed E-state index contributed by atoms with van der Waals surface area (Å²) in [6.45, 7) is 20.8. The van der Waals surface area contributed by atoms with Crippen LogP contribution < -0.4 is 0 Å². The SMILES string of the molecule is CCC(=O)C(OC(=O)C(CC(C)C)N(C)C(=O)C(OC(=O)C(C)CCC(C)C)C(C)C)C(C)(C)C. The zero-order valence-corrected chi connectivity index (χ0v) is 24.3. The van der Waals surface area contributed by atoms with E-state index < -0.39 is 41.5 Å². The lowest BCUT2D eigenvalue weighted by molar-refractivity contribution is -0.174. The molecule has 1 amide bonds. The summed E-state index contributed by atoms with van der Waals surface area (Å²) in [6, 6.07) is -0.893. The van der Waals surface area contributed by atoms with Crippen molar-refractivity contribution in [3.05, 3.63) is 0 Å². The van der Waals surface area contributed by atoms with Crippen LogP contribution in [0, 0.1) is 29.1 Å². The lowest BCUT2D eigenvalue weighted by atomic mass is 9.85. The lowest BCUT2D eigenvalue weighted by Gasteiger charge is -2.35. The van der Waals surface area contributed by atoms with Gasteiger partial charge in [-0.1, -0.05) is 82.6 Å². The summed E-state index contributed by atoms with van der Waals surface area (Å²) in [6.07, 6.45) is 0.282. The van der Waals surface area contributed by atoms with Gasteiger partial charge in [-0.05, 0) is 30.6 Å². The topological polar surface area (TPSA) is 90.0 Å². The summed E-state index contributed by atoms with van der Waals surface area (Å²) in [4.78, 5) is 53.3. The third-order valence-corrected chi connectivity index (χ3v) is 6.11. The number of esters is 2. The molecule has 0 rings (SSSR count). The van der Waals surface area contributed by atoms with Crippen LogP contribution in [-0.2, 0) is 28.7 Å². The van der Waals surface area contributed by atoms with Gasteiger partial charge in [0.1, 0.15) is 6.04 Å². The van der Waals surface area contributed by atoms with Gasteiger partial charge in [0.15, 0.2) is 18.0 Å². The van der Waals surface area contributed by atoms with Gasteiger partial charge < -0.3 is 14.4 Å². The van der Waals surface area contributed by atoms with Crippen LogP contribution in [-0.4, -0.2) is 53.8 Å². The van der Waals surface area contributed by atoms with E-state index in [1.165, 1.54) is 11.9 Å². The molecule has 0 aliphatic heterocycles. The fraction of sp³-hybridized carbons (Fsp3) is 0.857. The van der Waals surface area contributed by atoms with Crippen LogP contribution in [0.5, 0.6) is 0 Å². The van der Waals surface area contributed by atoms with E-state index in [9.17, 15) is 19.2 Å². The van der Waals surface area contributed by atoms with E-state index in [4.69, 9.17) is 9.47 Å². The second kappa shape index (κ2) is 14.6. The third kappa shape index (κ3) is 11.1. The van der Waals surface area contributed by atoms with Crippen LogP contribution in [0.15, 0.2) is 0 Å². The summed E-state index contributed by atoms with van der Waals surface area (Å²) in [5, 5.41) is 0. The summed E-state index contributed by atoms with van der Waals surface area (Å²) in [5.74, 6) is -1.65. The molecule has 0 aliphatic rings. The fourth-order valence-electron chi connectivity index (χ4n) is 3.73. The highest BCUT2D eigenvalue weighted by Gasteiger charge is 2.40. The number of Topliss-reactive ketones (excluding diaryl/α,β-unsaturated/α-hetero) is 1. The van der Waals surface area contributed by atoms with Gasteiger partial charge >= 0.3 is 11.9 Å². The molecule has 0 heterocycles. The first-order valence-corrected chi connectivity index (χ1v) is 13.1. The molecule has 0 spiro atoms. The molecule has 0 saturated heterocycles. The number of carbonyl (C=O) groups excluding carboxylic acids is 4. The maximum Gasteiger partial charge on any atom is 0.329 e. The molecule has 4 atom stereocenters. The number of nitrogens with zero attached hydrogens (tertiary/aromatic N) is 1. The minimum atomic E-state index is -1.01. The largest absolute Gasteiger partial charge is 0.452 e. The Morgan fingerprint density at radius 3 is 1.74 bits per heavy atom. The molecule has 0 aromatic carbocycles. The summed E-state index contributed by atoms with van der Waals surface area (Å²) in [5.41, 5.74) is -0.574. The molecule has 204 valence electrons. The minimum absolute atomic E-state index is 0.0915. The first-order chi connectivity index (χ1) is 15.9. The van der Waals surface area contributed by atoms with Gasteiger partial charge in [0.2, 0.25) is 0 Å². The van der Waals surface area contributed by atoms with E-state index in [0.717, 1.165) is 6.42 Å². The first kappa shape index (κ1) is 33.1. The molecular weight excluding hydrogens is 446 g/mol. The van der Waals surface area contributed by atoms with Gasteiger partial charge in [0.05, 0.1) is 5.92 Å². The van der Waals surface area contributed by atoms with Crippen molar-refractivity contribution in [2.24, 2.45) is 29.1 Å². The van der Waals surface area contributed by atoms with Crippen LogP contribution in [0.4, 0.5) is 0 Å². The molecule has 0 aliphatic carbocycles. The van der Waals surface area contributed by atoms with Gasteiger partial charge in [0.25, 0.3) is 5.91 Å². The summed E-state index contributed by atoms with van der Waals surface area (Å²) in [7, 11) is 1.54. The Labute approximate surface area is 213 Å². The van der Waals surface area contributed by atoms with Crippen molar-refractivity contribution in [3.8, 4) is 0 Å². The number of hydrogen-bond donors (Lipinski definition) is 0. The highest BCUT2D eigenvalue weighted by Crippen LogP contribution is 2.26. The van der Waals surface area contributed by atoms with Gasteiger partial charge in [-0.2, -0.15) is 0 Å². The Bertz CT molecular complexity index is 707. The summed E-state index contributed by atoms with van der Waals surface area (Å²) >= 11 is 0. The Balaban J connectivity index is 5.78. The van der Waals surface area contributed by atoms with Gasteiger partial charge in [-0.15, -0.1) is 0 Å². The van der Waals surface area contributed by atoms with Crippen LogP contribution in [0.3, 0.4) is 0 Å². The average molecular weight is 498 g/mol. The Morgan fingerprint density at radius 1 is 0.800 bits per heavy atom. The van der Waals surface area contributed by atoms with Crippen molar-refractivity contribution in [2.45, 2.75) is 120 Å². The second-order valence-corrected chi connectivity index (χ2v) is 12.1. The van der Waals surface area contributed by atoms with Crippen molar-refractivity contribution in [1.82, 2.24) is 4.90 Å². The standard InChI is InChI=1S/C28H51NO6/c1-13-22(30)24(28(9,10)11)35-27(33)21(16-18(4)5)29(12)25(31)23(19(6)7)34-26(32)20(8)15-14-17(2)3/h17-21,23-24H,13-16H2,1-12H3. The van der Waals surface area contributed by atoms with Gasteiger partial charge in [-0.25, -0.2) is 4.79 Å². The summed E-state index contributed by atoms with van der Waals surface area (Å²) < 4.78 is 11.4. The van der Waals surface area contributed by atoms with E-state index in [2.05, 4.69) is 13.8 Å². The third-order valence-electron chi connectivity index (χ3n) is 6.11. The van der Waals surface area contributed by atoms with E-state index in [0.29, 0.717) is 18.8 Å². The number of ether oxygens (including phenoxy) is 2. The zero-order valence-electron chi connectivity index (χ0n) is 24.3. The molecule has 0 aromatic rings. The molecule has 0 fully saturated rings.